The number of azide groups is 1. The van der Waals surface area contributed by atoms with Gasteiger partial charge >= 0.3 is 13.9 Å². The Morgan fingerprint density at radius 1 is 1.03 bits per heavy atom. The normalized spacial score (nSPS) is 19.4. The van der Waals surface area contributed by atoms with E-state index >= 15 is 0 Å². The first kappa shape index (κ1) is 32.2. The van der Waals surface area contributed by atoms with E-state index in [9.17, 15) is 14.2 Å². The molecule has 38 heavy (non-hydrogen) atoms. The fourth-order valence-corrected chi connectivity index (χ4v) is 5.25. The van der Waals surface area contributed by atoms with Crippen LogP contribution < -0.4 is 11.2 Å². The van der Waals surface area contributed by atoms with Gasteiger partial charge in [0.1, 0.15) is 19.4 Å². The number of ether oxygens (including phenoxy) is 1. The minimum absolute atomic E-state index is 0.106. The maximum Gasteiger partial charge on any atom is 0.697 e. The highest BCUT2D eigenvalue weighted by Crippen LogP contribution is 2.33. The number of aromatic amines is 1. The molecule has 1 aliphatic rings. The summed E-state index contributed by atoms with van der Waals surface area (Å²) in [4.78, 5) is 28.9. The number of rotatable bonds is 21. The van der Waals surface area contributed by atoms with Crippen molar-refractivity contribution in [2.75, 3.05) is 13.2 Å². The van der Waals surface area contributed by atoms with E-state index in [0.717, 1.165) is 19.3 Å². The zero-order valence-electron chi connectivity index (χ0n) is 23.0. The Labute approximate surface area is 226 Å². The fraction of sp³-hybridized carbons (Fsp3) is 0.846. The van der Waals surface area contributed by atoms with E-state index in [1.807, 2.05) is 0 Å². The van der Waals surface area contributed by atoms with E-state index in [1.54, 1.807) is 6.92 Å². The highest BCUT2D eigenvalue weighted by atomic mass is 31.1. The number of nitrogens with one attached hydrogen (secondary N) is 1. The van der Waals surface area contributed by atoms with E-state index in [-0.39, 0.29) is 13.0 Å². The summed E-state index contributed by atoms with van der Waals surface area (Å²) in [5, 5.41) is 3.73. The van der Waals surface area contributed by atoms with Crippen molar-refractivity contribution in [3.63, 3.8) is 0 Å². The molecule has 4 atom stereocenters. The molecule has 2 rings (SSSR count). The number of hydrogen-bond acceptors (Lipinski definition) is 7. The van der Waals surface area contributed by atoms with Gasteiger partial charge in [0, 0.05) is 27.7 Å². The van der Waals surface area contributed by atoms with Gasteiger partial charge in [-0.25, -0.2) is 4.79 Å². The quantitative estimate of drug-likeness (QED) is 0.0569. The third kappa shape index (κ3) is 12.2. The van der Waals surface area contributed by atoms with Crippen molar-refractivity contribution in [3.8, 4) is 0 Å². The zero-order chi connectivity index (χ0) is 27.6. The first-order valence-corrected chi connectivity index (χ1v) is 15.3. The van der Waals surface area contributed by atoms with Crippen LogP contribution in [0.3, 0.4) is 0 Å². The minimum atomic E-state index is -2.33. The maximum atomic E-state index is 12.2. The molecule has 0 aliphatic carbocycles. The summed E-state index contributed by atoms with van der Waals surface area (Å²) in [7, 11) is -2.33. The number of hydrogen-bond donors (Lipinski definition) is 1. The average Bonchev–Trinajstić information content (AvgIpc) is 3.29. The Balaban J connectivity index is 1.55. The number of H-pyrrole nitrogens is 1. The van der Waals surface area contributed by atoms with Gasteiger partial charge in [0.15, 0.2) is 0 Å². The van der Waals surface area contributed by atoms with Crippen molar-refractivity contribution in [1.82, 2.24) is 9.55 Å². The van der Waals surface area contributed by atoms with Crippen molar-refractivity contribution in [2.24, 2.45) is 5.11 Å². The molecule has 1 unspecified atom stereocenters. The van der Waals surface area contributed by atoms with Gasteiger partial charge in [0.05, 0.1) is 12.1 Å². The van der Waals surface area contributed by atoms with Gasteiger partial charge in [-0.15, -0.1) is 9.05 Å². The highest BCUT2D eigenvalue weighted by molar-refractivity contribution is 7.33. The third-order valence-corrected chi connectivity index (χ3v) is 7.65. The van der Waals surface area contributed by atoms with Crippen LogP contribution in [0, 0.1) is 6.92 Å². The molecule has 0 saturated carbocycles. The van der Waals surface area contributed by atoms with Crippen molar-refractivity contribution < 1.29 is 18.3 Å². The van der Waals surface area contributed by atoms with E-state index in [2.05, 4.69) is 21.9 Å². The lowest BCUT2D eigenvalue weighted by Gasteiger charge is -2.14. The van der Waals surface area contributed by atoms with Crippen LogP contribution in [0.25, 0.3) is 10.4 Å². The Kier molecular flexibility index (Phi) is 16.2. The van der Waals surface area contributed by atoms with Crippen LogP contribution >= 0.6 is 8.25 Å². The molecule has 0 radical (unpaired) electrons. The second-order valence-electron chi connectivity index (χ2n) is 10.1. The van der Waals surface area contributed by atoms with Crippen LogP contribution in [0.2, 0.25) is 0 Å². The largest absolute Gasteiger partial charge is 0.697 e. The second kappa shape index (κ2) is 19.1. The first-order chi connectivity index (χ1) is 18.5. The molecule has 11 nitrogen and oxygen atoms in total. The molecule has 0 amide bonds. The van der Waals surface area contributed by atoms with Crippen LogP contribution in [0.15, 0.2) is 20.9 Å². The zero-order valence-corrected chi connectivity index (χ0v) is 23.9. The molecule has 1 aromatic rings. The Hall–Kier alpha value is -2.03. The van der Waals surface area contributed by atoms with Gasteiger partial charge in [-0.3, -0.25) is 14.3 Å². The van der Waals surface area contributed by atoms with Crippen molar-refractivity contribution in [2.45, 2.75) is 129 Å². The molecule has 1 aromatic heterocycles. The molecule has 1 N–H and O–H groups in total. The molecule has 0 spiro atoms. The van der Waals surface area contributed by atoms with Gasteiger partial charge in [-0.2, -0.15) is 0 Å². The summed E-state index contributed by atoms with van der Waals surface area (Å²) < 4.78 is 29.8. The molecule has 1 saturated heterocycles. The fourth-order valence-electron chi connectivity index (χ4n) is 4.63. The van der Waals surface area contributed by atoms with Gasteiger partial charge in [-0.1, -0.05) is 95.5 Å². The molecule has 0 bridgehead atoms. The summed E-state index contributed by atoms with van der Waals surface area (Å²) in [5.41, 5.74) is 8.15. The molecule has 12 heteroatoms. The van der Waals surface area contributed by atoms with E-state index in [1.165, 1.54) is 81.4 Å². The second-order valence-corrected chi connectivity index (χ2v) is 11.0. The standard InChI is InChI=1S/C26H44N5O6P/c1-3-4-5-6-7-8-9-10-11-12-13-14-15-16-17-35-38(34)36-20-23-22(29-30-27)18-24(37-23)31-19-21(2)25(32)28-26(31)33/h19,22-24H,3-18,20H2,1-2H3/p+1/t22-,23+,24+/m0/s1. The van der Waals surface area contributed by atoms with Crippen molar-refractivity contribution >= 4 is 8.25 Å². The van der Waals surface area contributed by atoms with Gasteiger partial charge < -0.3 is 4.74 Å². The first-order valence-electron chi connectivity index (χ1n) is 14.2. The lowest BCUT2D eigenvalue weighted by atomic mass is 10.0. The molecular weight excluding hydrogens is 509 g/mol. The van der Waals surface area contributed by atoms with Crippen LogP contribution in [0.5, 0.6) is 0 Å². The minimum Gasteiger partial charge on any atom is -0.352 e. The summed E-state index contributed by atoms with van der Waals surface area (Å²) >= 11 is 0. The topological polar surface area (TPSA) is 148 Å². The summed E-state index contributed by atoms with van der Waals surface area (Å²) in [6, 6.07) is -0.613. The van der Waals surface area contributed by atoms with Gasteiger partial charge in [0.25, 0.3) is 5.56 Å². The van der Waals surface area contributed by atoms with Crippen LogP contribution in [0.1, 0.15) is 115 Å². The Morgan fingerprint density at radius 2 is 1.61 bits per heavy atom. The monoisotopic (exact) mass is 554 g/mol. The molecule has 1 aliphatic heterocycles. The third-order valence-electron chi connectivity index (χ3n) is 6.90. The predicted octanol–water partition coefficient (Wildman–Crippen LogP) is 6.98. The SMILES string of the molecule is CCCCCCCCCCCCCCCCO[P+](=O)OC[C@H]1O[C@@H](n2cc(C)c(=O)[nH]c2=O)C[C@@H]1N=[N+]=[N-]. The lowest BCUT2D eigenvalue weighted by molar-refractivity contribution is -0.0235. The van der Waals surface area contributed by atoms with Crippen molar-refractivity contribution in [1.29, 1.82) is 0 Å². The Bertz CT molecular complexity index is 993. The molecule has 2 heterocycles. The van der Waals surface area contributed by atoms with E-state index in [0.29, 0.717) is 12.2 Å². The molecular formula is C26H45N5O6P+. The maximum absolute atomic E-state index is 12.2. The Morgan fingerprint density at radius 3 is 2.18 bits per heavy atom. The van der Waals surface area contributed by atoms with Gasteiger partial charge in [-0.05, 0) is 18.9 Å². The van der Waals surface area contributed by atoms with E-state index < -0.39 is 37.9 Å². The summed E-state index contributed by atoms with van der Waals surface area (Å²) in [5.74, 6) is 0. The number of nitrogens with zero attached hydrogens (tertiary/aromatic N) is 4. The summed E-state index contributed by atoms with van der Waals surface area (Å²) in [6.45, 7) is 4.08. The van der Waals surface area contributed by atoms with Crippen LogP contribution in [0.4, 0.5) is 0 Å². The number of aromatic nitrogens is 2. The molecule has 1 fully saturated rings. The van der Waals surface area contributed by atoms with Crippen LogP contribution in [-0.4, -0.2) is 34.9 Å². The lowest BCUT2D eigenvalue weighted by Crippen LogP contribution is -2.33. The van der Waals surface area contributed by atoms with Gasteiger partial charge in [0.2, 0.25) is 0 Å². The molecule has 214 valence electrons. The predicted molar refractivity (Wildman–Crippen MR) is 147 cm³/mol. The summed E-state index contributed by atoms with van der Waals surface area (Å²) in [6.07, 6.45) is 17.9. The highest BCUT2D eigenvalue weighted by Gasteiger charge is 2.38. The van der Waals surface area contributed by atoms with E-state index in [4.69, 9.17) is 19.3 Å². The smallest absolute Gasteiger partial charge is 0.352 e. The average molecular weight is 555 g/mol. The van der Waals surface area contributed by atoms with Crippen LogP contribution in [-0.2, 0) is 18.3 Å². The number of aryl methyl sites for hydroxylation is 1. The van der Waals surface area contributed by atoms with Crippen molar-refractivity contribution in [3.05, 3.63) is 43.0 Å². The number of unbranched alkanes of at least 4 members (excludes halogenated alkanes) is 13. The molecule has 0 aromatic carbocycles.